The Morgan fingerprint density at radius 3 is 2.57 bits per heavy atom. The van der Waals surface area contributed by atoms with E-state index in [-0.39, 0.29) is 6.54 Å². The summed E-state index contributed by atoms with van der Waals surface area (Å²) in [4.78, 5) is 3.74. The van der Waals surface area contributed by atoms with Gasteiger partial charge in [0.05, 0.1) is 5.69 Å². The molecule has 0 radical (unpaired) electrons. The molecule has 1 aromatic heterocycles. The Morgan fingerprint density at radius 2 is 1.90 bits per heavy atom. The number of aromatic nitrogens is 2. The van der Waals surface area contributed by atoms with Crippen molar-refractivity contribution in [2.24, 2.45) is 0 Å². The smallest absolute Gasteiger partial charge is 0.320 e. The molecule has 0 fully saturated rings. The predicted molar refractivity (Wildman–Crippen MR) is 68.1 cm³/mol. The van der Waals surface area contributed by atoms with Crippen molar-refractivity contribution in [1.82, 2.24) is 14.9 Å². The van der Waals surface area contributed by atoms with Gasteiger partial charge in [-0.15, -0.1) is 0 Å². The first-order chi connectivity index (χ1) is 9.95. The summed E-state index contributed by atoms with van der Waals surface area (Å²) in [6, 6.07) is 5.47. The Morgan fingerprint density at radius 1 is 1.19 bits per heavy atom. The molecule has 3 nitrogen and oxygen atoms in total. The molecule has 21 heavy (non-hydrogen) atoms. The van der Waals surface area contributed by atoms with Crippen molar-refractivity contribution in [3.8, 4) is 0 Å². The summed E-state index contributed by atoms with van der Waals surface area (Å²) in [5.74, 6) is -1.30. The van der Waals surface area contributed by atoms with Gasteiger partial charge < -0.3 is 9.88 Å². The second-order valence-corrected chi connectivity index (χ2v) is 4.97. The maximum Gasteiger partial charge on any atom is 0.449 e. The fourth-order valence-corrected chi connectivity index (χ4v) is 2.53. The summed E-state index contributed by atoms with van der Waals surface area (Å²) < 4.78 is 53.5. The molecule has 0 spiro atoms. The van der Waals surface area contributed by atoms with Crippen LogP contribution in [0.3, 0.4) is 0 Å². The average molecular weight is 299 g/mol. The summed E-state index contributed by atoms with van der Waals surface area (Å²) in [5.41, 5.74) is 1.65. The summed E-state index contributed by atoms with van der Waals surface area (Å²) in [5, 5.41) is 3.01. The standard InChI is InChI=1S/C14H13F4N3/c15-10-3-1-9(2-4-10)8-21-12-5-6-19-7-11(12)20-13(21)14(16,17)18/h1-4,19H,5-8H2. The number of halogens is 4. The highest BCUT2D eigenvalue weighted by Crippen LogP contribution is 2.31. The molecule has 1 aliphatic heterocycles. The number of fused-ring (bicyclic) bond motifs is 1. The van der Waals surface area contributed by atoms with E-state index in [4.69, 9.17) is 0 Å². The monoisotopic (exact) mass is 299 g/mol. The molecule has 112 valence electrons. The van der Waals surface area contributed by atoms with Crippen molar-refractivity contribution >= 4 is 0 Å². The fraction of sp³-hybridized carbons (Fsp3) is 0.357. The highest BCUT2D eigenvalue weighted by atomic mass is 19.4. The minimum absolute atomic E-state index is 0.0391. The Hall–Kier alpha value is -1.89. The Kier molecular flexibility index (Phi) is 3.44. The molecule has 0 amide bonds. The molecule has 3 rings (SSSR count). The third-order valence-corrected chi connectivity index (χ3v) is 3.49. The van der Waals surface area contributed by atoms with Crippen LogP contribution >= 0.6 is 0 Å². The van der Waals surface area contributed by atoms with E-state index in [0.29, 0.717) is 36.5 Å². The van der Waals surface area contributed by atoms with Crippen molar-refractivity contribution in [2.45, 2.75) is 25.7 Å². The molecule has 0 aliphatic carbocycles. The van der Waals surface area contributed by atoms with Gasteiger partial charge in [-0.3, -0.25) is 0 Å². The van der Waals surface area contributed by atoms with Crippen molar-refractivity contribution < 1.29 is 17.6 Å². The van der Waals surface area contributed by atoms with Crippen LogP contribution in [0, 0.1) is 5.82 Å². The van der Waals surface area contributed by atoms with Gasteiger partial charge in [0.15, 0.2) is 0 Å². The third-order valence-electron chi connectivity index (χ3n) is 3.49. The van der Waals surface area contributed by atoms with Gasteiger partial charge >= 0.3 is 6.18 Å². The van der Waals surface area contributed by atoms with Crippen LogP contribution in [0.25, 0.3) is 0 Å². The number of nitrogens with zero attached hydrogens (tertiary/aromatic N) is 2. The molecular weight excluding hydrogens is 286 g/mol. The van der Waals surface area contributed by atoms with E-state index in [2.05, 4.69) is 10.3 Å². The lowest BCUT2D eigenvalue weighted by Crippen LogP contribution is -2.25. The van der Waals surface area contributed by atoms with E-state index in [1.165, 1.54) is 28.8 Å². The Labute approximate surface area is 118 Å². The van der Waals surface area contributed by atoms with Crippen LogP contribution in [0.5, 0.6) is 0 Å². The highest BCUT2D eigenvalue weighted by molar-refractivity contribution is 5.25. The van der Waals surface area contributed by atoms with Crippen molar-refractivity contribution in [2.75, 3.05) is 6.54 Å². The zero-order valence-corrected chi connectivity index (χ0v) is 11.0. The van der Waals surface area contributed by atoms with Crippen LogP contribution in [-0.2, 0) is 25.7 Å². The Balaban J connectivity index is 2.03. The first kappa shape index (κ1) is 14.1. The lowest BCUT2D eigenvalue weighted by Gasteiger charge is -2.17. The van der Waals surface area contributed by atoms with Crippen LogP contribution in [-0.4, -0.2) is 16.1 Å². The fourth-order valence-electron chi connectivity index (χ4n) is 2.53. The van der Waals surface area contributed by atoms with E-state index < -0.39 is 17.8 Å². The molecule has 0 saturated carbocycles. The lowest BCUT2D eigenvalue weighted by atomic mass is 10.1. The quantitative estimate of drug-likeness (QED) is 0.864. The van der Waals surface area contributed by atoms with E-state index in [0.717, 1.165) is 0 Å². The van der Waals surface area contributed by atoms with Crippen LogP contribution in [0.2, 0.25) is 0 Å². The number of hydrogen-bond donors (Lipinski definition) is 1. The normalized spacial score (nSPS) is 15.0. The summed E-state index contributed by atoms with van der Waals surface area (Å²) >= 11 is 0. The zero-order chi connectivity index (χ0) is 15.0. The topological polar surface area (TPSA) is 29.9 Å². The molecule has 0 saturated heterocycles. The Bertz CT molecular complexity index is 643. The van der Waals surface area contributed by atoms with E-state index in [9.17, 15) is 17.6 Å². The maximum absolute atomic E-state index is 13.1. The molecule has 1 aliphatic rings. The summed E-state index contributed by atoms with van der Waals surface area (Å²) in [6.07, 6.45) is -4.00. The molecule has 0 atom stereocenters. The van der Waals surface area contributed by atoms with Crippen LogP contribution < -0.4 is 5.32 Å². The minimum atomic E-state index is -4.50. The summed E-state index contributed by atoms with van der Waals surface area (Å²) in [6.45, 7) is 1.01. The van der Waals surface area contributed by atoms with Gasteiger partial charge in [0, 0.05) is 31.7 Å². The number of alkyl halides is 3. The van der Waals surface area contributed by atoms with Gasteiger partial charge in [0.2, 0.25) is 5.82 Å². The van der Waals surface area contributed by atoms with Crippen LogP contribution in [0.1, 0.15) is 22.8 Å². The van der Waals surface area contributed by atoms with E-state index >= 15 is 0 Å². The first-order valence-corrected chi connectivity index (χ1v) is 6.56. The molecule has 7 heteroatoms. The van der Waals surface area contributed by atoms with Crippen molar-refractivity contribution in [3.05, 3.63) is 52.9 Å². The second kappa shape index (κ2) is 5.14. The predicted octanol–water partition coefficient (Wildman–Crippen LogP) is 2.74. The van der Waals surface area contributed by atoms with Gasteiger partial charge in [-0.2, -0.15) is 13.2 Å². The number of hydrogen-bond acceptors (Lipinski definition) is 2. The number of nitrogens with one attached hydrogen (secondary N) is 1. The van der Waals surface area contributed by atoms with E-state index in [1.807, 2.05) is 0 Å². The lowest BCUT2D eigenvalue weighted by molar-refractivity contribution is -0.147. The van der Waals surface area contributed by atoms with Crippen molar-refractivity contribution in [3.63, 3.8) is 0 Å². The largest absolute Gasteiger partial charge is 0.449 e. The minimum Gasteiger partial charge on any atom is -0.320 e. The SMILES string of the molecule is Fc1ccc(Cn2c(C(F)(F)F)nc3c2CCNC3)cc1. The van der Waals surface area contributed by atoms with Gasteiger partial charge in [-0.25, -0.2) is 9.37 Å². The first-order valence-electron chi connectivity index (χ1n) is 6.56. The molecule has 2 heterocycles. The van der Waals surface area contributed by atoms with Gasteiger partial charge in [0.25, 0.3) is 0 Å². The average Bonchev–Trinajstić information content (AvgIpc) is 2.81. The molecule has 0 bridgehead atoms. The molecule has 1 N–H and O–H groups in total. The van der Waals surface area contributed by atoms with E-state index in [1.54, 1.807) is 0 Å². The molecule has 2 aromatic rings. The van der Waals surface area contributed by atoms with Crippen LogP contribution in [0.15, 0.2) is 24.3 Å². The highest BCUT2D eigenvalue weighted by Gasteiger charge is 2.39. The third kappa shape index (κ3) is 2.78. The summed E-state index contributed by atoms with van der Waals surface area (Å²) in [7, 11) is 0. The number of benzene rings is 1. The maximum atomic E-state index is 13.1. The van der Waals surface area contributed by atoms with Gasteiger partial charge in [0.1, 0.15) is 5.82 Å². The second-order valence-electron chi connectivity index (χ2n) is 4.97. The molecular formula is C14H13F4N3. The van der Waals surface area contributed by atoms with Crippen LogP contribution in [0.4, 0.5) is 17.6 Å². The number of rotatable bonds is 2. The molecule has 1 aromatic carbocycles. The zero-order valence-electron chi connectivity index (χ0n) is 11.0. The number of imidazole rings is 1. The van der Waals surface area contributed by atoms with Gasteiger partial charge in [-0.1, -0.05) is 12.1 Å². The van der Waals surface area contributed by atoms with Crippen molar-refractivity contribution in [1.29, 1.82) is 0 Å². The van der Waals surface area contributed by atoms with Gasteiger partial charge in [-0.05, 0) is 17.7 Å². The molecule has 0 unspecified atom stereocenters.